The Kier molecular flexibility index (Phi) is 4.25. The number of para-hydroxylation sites is 1. The van der Waals surface area contributed by atoms with Gasteiger partial charge in [-0.25, -0.2) is 0 Å². The standard InChI is InChI=1S/C11H15N3OS/c1-7-4-3-5-8(11(12)16)10(7)14-6-9(15)13-2/h3-5,14H,6H2,1-2H3,(H2,12,16)(H,13,15). The summed E-state index contributed by atoms with van der Waals surface area (Å²) >= 11 is 4.95. The van der Waals surface area contributed by atoms with Crippen LogP contribution in [-0.2, 0) is 4.79 Å². The third kappa shape index (κ3) is 2.93. The summed E-state index contributed by atoms with van der Waals surface area (Å²) in [6.45, 7) is 2.14. The highest BCUT2D eigenvalue weighted by molar-refractivity contribution is 7.80. The van der Waals surface area contributed by atoms with Gasteiger partial charge in [-0.05, 0) is 18.6 Å². The van der Waals surface area contributed by atoms with E-state index in [0.29, 0.717) is 4.99 Å². The van der Waals surface area contributed by atoms with E-state index in [9.17, 15) is 4.79 Å². The van der Waals surface area contributed by atoms with E-state index in [1.54, 1.807) is 7.05 Å². The zero-order chi connectivity index (χ0) is 12.1. The molecule has 1 amide bonds. The lowest BCUT2D eigenvalue weighted by Gasteiger charge is -2.13. The first-order valence-corrected chi connectivity index (χ1v) is 5.31. The Morgan fingerprint density at radius 2 is 2.19 bits per heavy atom. The minimum atomic E-state index is -0.0860. The number of nitrogens with one attached hydrogen (secondary N) is 2. The van der Waals surface area contributed by atoms with E-state index in [1.807, 2.05) is 25.1 Å². The number of amides is 1. The highest BCUT2D eigenvalue weighted by Crippen LogP contribution is 2.19. The van der Waals surface area contributed by atoms with Gasteiger partial charge in [-0.15, -0.1) is 0 Å². The van der Waals surface area contributed by atoms with Gasteiger partial charge in [0, 0.05) is 18.3 Å². The number of aryl methyl sites for hydroxylation is 1. The van der Waals surface area contributed by atoms with Gasteiger partial charge in [0.2, 0.25) is 5.91 Å². The monoisotopic (exact) mass is 237 g/mol. The molecule has 0 aromatic heterocycles. The van der Waals surface area contributed by atoms with Crippen molar-refractivity contribution in [3.8, 4) is 0 Å². The van der Waals surface area contributed by atoms with Crippen molar-refractivity contribution in [3.63, 3.8) is 0 Å². The fourth-order valence-corrected chi connectivity index (χ4v) is 1.53. The van der Waals surface area contributed by atoms with Gasteiger partial charge in [0.05, 0.1) is 6.54 Å². The quantitative estimate of drug-likeness (QED) is 0.677. The largest absolute Gasteiger partial charge is 0.389 e. The zero-order valence-electron chi connectivity index (χ0n) is 9.33. The Labute approximate surface area is 100 Å². The molecular weight excluding hydrogens is 222 g/mol. The van der Waals surface area contributed by atoms with Gasteiger partial charge in [-0.1, -0.05) is 24.4 Å². The van der Waals surface area contributed by atoms with E-state index in [1.165, 1.54) is 0 Å². The third-order valence-corrected chi connectivity index (χ3v) is 2.46. The molecule has 0 unspecified atom stereocenters. The minimum absolute atomic E-state index is 0.0860. The second-order valence-electron chi connectivity index (χ2n) is 3.39. The second-order valence-corrected chi connectivity index (χ2v) is 3.83. The molecule has 1 rings (SSSR count). The Balaban J connectivity index is 2.93. The molecular formula is C11H15N3OS. The lowest BCUT2D eigenvalue weighted by molar-refractivity contribution is -0.118. The molecule has 0 atom stereocenters. The van der Waals surface area contributed by atoms with Gasteiger partial charge < -0.3 is 16.4 Å². The van der Waals surface area contributed by atoms with Crippen molar-refractivity contribution in [2.24, 2.45) is 5.73 Å². The first kappa shape index (κ1) is 12.4. The van der Waals surface area contributed by atoms with Crippen LogP contribution in [0, 0.1) is 6.92 Å². The summed E-state index contributed by atoms with van der Waals surface area (Å²) in [7, 11) is 1.59. The maximum Gasteiger partial charge on any atom is 0.239 e. The maximum atomic E-state index is 11.1. The average Bonchev–Trinajstić information content (AvgIpc) is 2.26. The molecule has 4 nitrogen and oxygen atoms in total. The fraction of sp³-hybridized carbons (Fsp3) is 0.273. The highest BCUT2D eigenvalue weighted by atomic mass is 32.1. The topological polar surface area (TPSA) is 67.2 Å². The molecule has 0 aliphatic carbocycles. The summed E-state index contributed by atoms with van der Waals surface area (Å²) in [5.74, 6) is -0.0860. The molecule has 0 saturated heterocycles. The van der Waals surface area contributed by atoms with Crippen LogP contribution in [0.3, 0.4) is 0 Å². The van der Waals surface area contributed by atoms with Crippen LogP contribution in [0.25, 0.3) is 0 Å². The van der Waals surface area contributed by atoms with Crippen LogP contribution in [0.4, 0.5) is 5.69 Å². The van der Waals surface area contributed by atoms with Crippen LogP contribution in [0.2, 0.25) is 0 Å². The van der Waals surface area contributed by atoms with Crippen molar-refractivity contribution in [3.05, 3.63) is 29.3 Å². The number of carbonyl (C=O) groups is 1. The molecule has 86 valence electrons. The second kappa shape index (κ2) is 5.46. The van der Waals surface area contributed by atoms with Crippen molar-refractivity contribution in [1.82, 2.24) is 5.32 Å². The van der Waals surface area contributed by atoms with Crippen molar-refractivity contribution >= 4 is 28.8 Å². The number of hydrogen-bond acceptors (Lipinski definition) is 3. The lowest BCUT2D eigenvalue weighted by Crippen LogP contribution is -2.27. The zero-order valence-corrected chi connectivity index (χ0v) is 10.1. The number of hydrogen-bond donors (Lipinski definition) is 3. The Bertz CT molecular complexity index is 418. The number of benzene rings is 1. The molecule has 0 saturated carbocycles. The molecule has 1 aromatic rings. The highest BCUT2D eigenvalue weighted by Gasteiger charge is 2.08. The first-order valence-electron chi connectivity index (χ1n) is 4.90. The molecule has 0 spiro atoms. The molecule has 0 aliphatic rings. The fourth-order valence-electron chi connectivity index (χ4n) is 1.36. The van der Waals surface area contributed by atoms with E-state index in [2.05, 4.69) is 10.6 Å². The van der Waals surface area contributed by atoms with Crippen LogP contribution in [0.1, 0.15) is 11.1 Å². The molecule has 0 fully saturated rings. The van der Waals surface area contributed by atoms with Crippen molar-refractivity contribution in [1.29, 1.82) is 0 Å². The smallest absolute Gasteiger partial charge is 0.239 e. The Morgan fingerprint density at radius 3 is 2.75 bits per heavy atom. The summed E-state index contributed by atoms with van der Waals surface area (Å²) in [4.78, 5) is 11.5. The van der Waals surface area contributed by atoms with Gasteiger partial charge in [0.15, 0.2) is 0 Å². The van der Waals surface area contributed by atoms with Crippen molar-refractivity contribution < 1.29 is 4.79 Å². The molecule has 0 bridgehead atoms. The molecule has 0 heterocycles. The summed E-state index contributed by atoms with van der Waals surface area (Å²) in [5, 5.41) is 5.57. The van der Waals surface area contributed by atoms with Crippen LogP contribution >= 0.6 is 12.2 Å². The van der Waals surface area contributed by atoms with E-state index >= 15 is 0 Å². The van der Waals surface area contributed by atoms with Crippen LogP contribution in [0.15, 0.2) is 18.2 Å². The SMILES string of the molecule is CNC(=O)CNc1c(C)cccc1C(N)=S. The van der Waals surface area contributed by atoms with Crippen molar-refractivity contribution in [2.75, 3.05) is 18.9 Å². The normalized spacial score (nSPS) is 9.62. The number of anilines is 1. The average molecular weight is 237 g/mol. The summed E-state index contributed by atoms with van der Waals surface area (Å²) in [6.07, 6.45) is 0. The minimum Gasteiger partial charge on any atom is -0.389 e. The molecule has 0 aliphatic heterocycles. The van der Waals surface area contributed by atoms with E-state index in [4.69, 9.17) is 18.0 Å². The van der Waals surface area contributed by atoms with E-state index in [-0.39, 0.29) is 12.5 Å². The van der Waals surface area contributed by atoms with Crippen LogP contribution in [-0.4, -0.2) is 24.5 Å². The summed E-state index contributed by atoms with van der Waals surface area (Å²) in [5.41, 5.74) is 8.20. The van der Waals surface area contributed by atoms with Crippen LogP contribution < -0.4 is 16.4 Å². The number of nitrogens with two attached hydrogens (primary N) is 1. The van der Waals surface area contributed by atoms with Crippen LogP contribution in [0.5, 0.6) is 0 Å². The molecule has 0 radical (unpaired) electrons. The number of thiocarbonyl (C=S) groups is 1. The summed E-state index contributed by atoms with van der Waals surface area (Å²) < 4.78 is 0. The lowest BCUT2D eigenvalue weighted by atomic mass is 10.1. The van der Waals surface area contributed by atoms with Gasteiger partial charge in [-0.2, -0.15) is 0 Å². The number of likely N-dealkylation sites (N-methyl/N-ethyl adjacent to an activating group) is 1. The molecule has 5 heteroatoms. The first-order chi connectivity index (χ1) is 7.56. The third-order valence-electron chi connectivity index (χ3n) is 2.24. The van der Waals surface area contributed by atoms with E-state index in [0.717, 1.165) is 16.8 Å². The predicted molar refractivity (Wildman–Crippen MR) is 69.6 cm³/mol. The maximum absolute atomic E-state index is 11.1. The van der Waals surface area contributed by atoms with Gasteiger partial charge in [0.1, 0.15) is 4.99 Å². The van der Waals surface area contributed by atoms with Gasteiger partial charge in [-0.3, -0.25) is 4.79 Å². The number of rotatable bonds is 4. The van der Waals surface area contributed by atoms with E-state index < -0.39 is 0 Å². The Hall–Kier alpha value is -1.62. The molecule has 16 heavy (non-hydrogen) atoms. The summed E-state index contributed by atoms with van der Waals surface area (Å²) in [6, 6.07) is 5.66. The Morgan fingerprint density at radius 1 is 1.50 bits per heavy atom. The van der Waals surface area contributed by atoms with Gasteiger partial charge in [0.25, 0.3) is 0 Å². The van der Waals surface area contributed by atoms with Crippen molar-refractivity contribution in [2.45, 2.75) is 6.92 Å². The van der Waals surface area contributed by atoms with Gasteiger partial charge >= 0.3 is 0 Å². The molecule has 1 aromatic carbocycles. The predicted octanol–water partition coefficient (Wildman–Crippen LogP) is 0.787. The number of carbonyl (C=O) groups excluding carboxylic acids is 1. The molecule has 4 N–H and O–H groups in total.